The molecule has 0 amide bonds. The van der Waals surface area contributed by atoms with Gasteiger partial charge in [-0.25, -0.2) is 0 Å². The van der Waals surface area contributed by atoms with Crippen LogP contribution in [0.25, 0.3) is 0 Å². The van der Waals surface area contributed by atoms with Gasteiger partial charge >= 0.3 is 0 Å². The molecule has 1 fully saturated rings. The van der Waals surface area contributed by atoms with Crippen LogP contribution in [0.2, 0.25) is 0 Å². The van der Waals surface area contributed by atoms with Crippen molar-refractivity contribution in [3.8, 4) is 0 Å². The van der Waals surface area contributed by atoms with Crippen LogP contribution in [0.1, 0.15) is 18.9 Å². The van der Waals surface area contributed by atoms with Gasteiger partial charge in [0, 0.05) is 28.7 Å². The van der Waals surface area contributed by atoms with E-state index in [4.69, 9.17) is 4.74 Å². The number of halogens is 1. The number of anilines is 1. The molecule has 1 aromatic carbocycles. The molecule has 0 saturated carbocycles. The second-order valence-corrected chi connectivity index (χ2v) is 5.39. The summed E-state index contributed by atoms with van der Waals surface area (Å²) in [5.41, 5.74) is 2.44. The number of aryl methyl sites for hydroxylation is 1. The fourth-order valence-corrected chi connectivity index (χ4v) is 2.66. The molecule has 1 saturated heterocycles. The molecule has 2 atom stereocenters. The van der Waals surface area contributed by atoms with Crippen LogP contribution in [0.3, 0.4) is 0 Å². The summed E-state index contributed by atoms with van der Waals surface area (Å²) in [6, 6.07) is 6.86. The predicted molar refractivity (Wildman–Crippen MR) is 70.9 cm³/mol. The zero-order valence-corrected chi connectivity index (χ0v) is 11.4. The highest BCUT2D eigenvalue weighted by Crippen LogP contribution is 2.26. The Labute approximate surface area is 106 Å². The molecule has 0 spiro atoms. The number of hydrogen-bond acceptors (Lipinski definition) is 2. The number of hydrogen-bond donors (Lipinski definition) is 1. The Bertz CT molecular complexity index is 361. The van der Waals surface area contributed by atoms with Crippen LogP contribution in [0.5, 0.6) is 0 Å². The zero-order chi connectivity index (χ0) is 11.5. The molecule has 3 heteroatoms. The van der Waals surface area contributed by atoms with Gasteiger partial charge in [-0.1, -0.05) is 6.07 Å². The van der Waals surface area contributed by atoms with E-state index in [1.165, 1.54) is 11.3 Å². The first kappa shape index (κ1) is 11.9. The van der Waals surface area contributed by atoms with Crippen molar-refractivity contribution in [2.45, 2.75) is 26.3 Å². The Hall–Kier alpha value is -0.540. The van der Waals surface area contributed by atoms with Crippen molar-refractivity contribution in [3.05, 3.63) is 28.2 Å². The SMILES string of the molecule is Cc1ccc(NC(C)C2CCOC2)c(Br)c1. The smallest absolute Gasteiger partial charge is 0.0514 e. The number of nitrogens with one attached hydrogen (secondary N) is 1. The molecule has 0 radical (unpaired) electrons. The van der Waals surface area contributed by atoms with Gasteiger partial charge in [-0.3, -0.25) is 0 Å². The quantitative estimate of drug-likeness (QED) is 0.915. The first-order valence-corrected chi connectivity index (χ1v) is 6.56. The Morgan fingerprint density at radius 2 is 2.31 bits per heavy atom. The summed E-state index contributed by atoms with van der Waals surface area (Å²) in [5.74, 6) is 0.633. The second-order valence-electron chi connectivity index (χ2n) is 4.54. The van der Waals surface area contributed by atoms with Gasteiger partial charge in [0.15, 0.2) is 0 Å². The van der Waals surface area contributed by atoms with Crippen molar-refractivity contribution in [1.29, 1.82) is 0 Å². The van der Waals surface area contributed by atoms with Crippen LogP contribution in [0.4, 0.5) is 5.69 Å². The van der Waals surface area contributed by atoms with E-state index >= 15 is 0 Å². The van der Waals surface area contributed by atoms with Gasteiger partial charge in [-0.15, -0.1) is 0 Å². The molecule has 1 aromatic rings. The summed E-state index contributed by atoms with van der Waals surface area (Å²) in [6.07, 6.45) is 1.16. The van der Waals surface area contributed by atoms with E-state index in [0.717, 1.165) is 24.1 Å². The zero-order valence-electron chi connectivity index (χ0n) is 9.79. The third-order valence-electron chi connectivity index (χ3n) is 3.18. The van der Waals surface area contributed by atoms with Crippen LogP contribution in [0.15, 0.2) is 22.7 Å². The minimum Gasteiger partial charge on any atom is -0.381 e. The van der Waals surface area contributed by atoms with Crippen LogP contribution in [-0.2, 0) is 4.74 Å². The van der Waals surface area contributed by atoms with E-state index in [2.05, 4.69) is 53.3 Å². The van der Waals surface area contributed by atoms with Gasteiger partial charge in [0.05, 0.1) is 6.61 Å². The molecule has 1 N–H and O–H groups in total. The molecule has 16 heavy (non-hydrogen) atoms. The molecule has 2 nitrogen and oxygen atoms in total. The highest BCUT2D eigenvalue weighted by atomic mass is 79.9. The Morgan fingerprint density at radius 1 is 1.50 bits per heavy atom. The molecule has 0 aliphatic carbocycles. The number of rotatable bonds is 3. The van der Waals surface area contributed by atoms with Gasteiger partial charge in [0.1, 0.15) is 0 Å². The topological polar surface area (TPSA) is 21.3 Å². The summed E-state index contributed by atoms with van der Waals surface area (Å²) in [6.45, 7) is 6.12. The molecule has 2 rings (SSSR count). The predicted octanol–water partition coefficient (Wildman–Crippen LogP) is 3.59. The molecule has 0 bridgehead atoms. The van der Waals surface area contributed by atoms with Crippen LogP contribution >= 0.6 is 15.9 Å². The molecule has 1 aliphatic rings. The summed E-state index contributed by atoms with van der Waals surface area (Å²) in [4.78, 5) is 0. The van der Waals surface area contributed by atoms with E-state index in [1.807, 2.05) is 0 Å². The fraction of sp³-hybridized carbons (Fsp3) is 0.538. The third-order valence-corrected chi connectivity index (χ3v) is 3.84. The van der Waals surface area contributed by atoms with E-state index in [1.54, 1.807) is 0 Å². The summed E-state index contributed by atoms with van der Waals surface area (Å²) < 4.78 is 6.55. The van der Waals surface area contributed by atoms with Gasteiger partial charge < -0.3 is 10.1 Å². The maximum absolute atomic E-state index is 5.41. The fourth-order valence-electron chi connectivity index (χ4n) is 2.05. The van der Waals surface area contributed by atoms with Crippen molar-refractivity contribution in [2.24, 2.45) is 5.92 Å². The van der Waals surface area contributed by atoms with Gasteiger partial charge in [0.2, 0.25) is 0 Å². The maximum atomic E-state index is 5.41. The maximum Gasteiger partial charge on any atom is 0.0514 e. The lowest BCUT2D eigenvalue weighted by Gasteiger charge is -2.21. The van der Waals surface area contributed by atoms with Gasteiger partial charge in [0.25, 0.3) is 0 Å². The summed E-state index contributed by atoms with van der Waals surface area (Å²) in [7, 11) is 0. The molecule has 2 unspecified atom stereocenters. The number of benzene rings is 1. The van der Waals surface area contributed by atoms with Crippen LogP contribution < -0.4 is 5.32 Å². The average Bonchev–Trinajstić information content (AvgIpc) is 2.75. The number of ether oxygens (including phenoxy) is 1. The van der Waals surface area contributed by atoms with Crippen molar-refractivity contribution in [3.63, 3.8) is 0 Å². The first-order chi connectivity index (χ1) is 7.66. The molecule has 1 heterocycles. The summed E-state index contributed by atoms with van der Waals surface area (Å²) >= 11 is 3.59. The lowest BCUT2D eigenvalue weighted by Crippen LogP contribution is -2.26. The summed E-state index contributed by atoms with van der Waals surface area (Å²) in [5, 5.41) is 3.55. The van der Waals surface area contributed by atoms with E-state index in [0.29, 0.717) is 12.0 Å². The van der Waals surface area contributed by atoms with Crippen molar-refractivity contribution < 1.29 is 4.74 Å². The van der Waals surface area contributed by atoms with Crippen molar-refractivity contribution >= 4 is 21.6 Å². The first-order valence-electron chi connectivity index (χ1n) is 5.77. The van der Waals surface area contributed by atoms with E-state index < -0.39 is 0 Å². The average molecular weight is 284 g/mol. The Kier molecular flexibility index (Phi) is 3.87. The lowest BCUT2D eigenvalue weighted by molar-refractivity contribution is 0.183. The minimum atomic E-state index is 0.460. The molecular weight excluding hydrogens is 266 g/mol. The molecule has 1 aliphatic heterocycles. The lowest BCUT2D eigenvalue weighted by atomic mass is 10.0. The Morgan fingerprint density at radius 3 is 2.94 bits per heavy atom. The second kappa shape index (κ2) is 5.19. The normalized spacial score (nSPS) is 22.1. The highest BCUT2D eigenvalue weighted by molar-refractivity contribution is 9.10. The monoisotopic (exact) mass is 283 g/mol. The highest BCUT2D eigenvalue weighted by Gasteiger charge is 2.22. The van der Waals surface area contributed by atoms with Gasteiger partial charge in [-0.05, 0) is 53.9 Å². The van der Waals surface area contributed by atoms with E-state index in [9.17, 15) is 0 Å². The minimum absolute atomic E-state index is 0.460. The molecule has 0 aromatic heterocycles. The van der Waals surface area contributed by atoms with E-state index in [-0.39, 0.29) is 0 Å². The third kappa shape index (κ3) is 2.77. The van der Waals surface area contributed by atoms with Crippen LogP contribution in [-0.4, -0.2) is 19.3 Å². The standard InChI is InChI=1S/C13H18BrNO/c1-9-3-4-13(12(14)7-9)15-10(2)11-5-6-16-8-11/h3-4,7,10-11,15H,5-6,8H2,1-2H3. The van der Waals surface area contributed by atoms with Gasteiger partial charge in [-0.2, -0.15) is 0 Å². The molecule has 88 valence electrons. The molecular formula is C13H18BrNO. The van der Waals surface area contributed by atoms with Crippen molar-refractivity contribution in [1.82, 2.24) is 0 Å². The largest absolute Gasteiger partial charge is 0.381 e. The Balaban J connectivity index is 2.02. The van der Waals surface area contributed by atoms with Crippen LogP contribution in [0, 0.1) is 12.8 Å². The van der Waals surface area contributed by atoms with Crippen molar-refractivity contribution in [2.75, 3.05) is 18.5 Å².